The number of nitrogens with zero attached hydrogens (tertiary/aromatic N) is 1. The van der Waals surface area contributed by atoms with Crippen LogP contribution in [0.2, 0.25) is 0 Å². The van der Waals surface area contributed by atoms with Gasteiger partial charge in [-0.2, -0.15) is 4.39 Å². The van der Waals surface area contributed by atoms with Gasteiger partial charge in [-0.15, -0.1) is 0 Å². The lowest BCUT2D eigenvalue weighted by atomic mass is 9.99. The molecular weight excluding hydrogens is 225 g/mol. The van der Waals surface area contributed by atoms with Crippen LogP contribution in [0, 0.1) is 5.95 Å². The molecule has 3 N–H and O–H groups in total. The van der Waals surface area contributed by atoms with Crippen LogP contribution >= 0.6 is 0 Å². The van der Waals surface area contributed by atoms with Crippen molar-refractivity contribution in [2.45, 2.75) is 25.5 Å². The van der Waals surface area contributed by atoms with Crippen molar-refractivity contribution in [1.82, 2.24) is 4.98 Å². The van der Waals surface area contributed by atoms with E-state index in [0.717, 1.165) is 6.07 Å². The van der Waals surface area contributed by atoms with E-state index < -0.39 is 23.5 Å². The van der Waals surface area contributed by atoms with Crippen LogP contribution in [0.4, 0.5) is 10.1 Å². The van der Waals surface area contributed by atoms with E-state index in [1.165, 1.54) is 19.4 Å². The number of rotatable bonds is 4. The summed E-state index contributed by atoms with van der Waals surface area (Å²) in [6.07, 6.45) is 1.22. The van der Waals surface area contributed by atoms with E-state index in [2.05, 4.69) is 10.3 Å². The molecule has 1 aromatic rings. The van der Waals surface area contributed by atoms with Crippen molar-refractivity contribution < 1.29 is 13.9 Å². The highest BCUT2D eigenvalue weighted by atomic mass is 19.1. The fraction of sp³-hybridized carbons (Fsp3) is 0.455. The Morgan fingerprint density at radius 1 is 1.59 bits per heavy atom. The topological polar surface area (TPSA) is 77.2 Å². The number of nitrogens with two attached hydrogens (primary N) is 1. The molecule has 0 aliphatic heterocycles. The second-order valence-corrected chi connectivity index (χ2v) is 4.14. The van der Waals surface area contributed by atoms with Gasteiger partial charge in [0, 0.05) is 7.11 Å². The Labute approximate surface area is 99.2 Å². The molecule has 6 heteroatoms. The number of carbonyl (C=O) groups excluding carboxylic acids is 1. The Kier molecular flexibility index (Phi) is 4.14. The standard InChI is InChI=1S/C11H16FN3O2/c1-11(2,17-3)9(13)10(16)15-7-4-5-8(12)14-6-7/h4-6,9H,13H2,1-3H3,(H,15,16). The molecule has 1 unspecified atom stereocenters. The van der Waals surface area contributed by atoms with Crippen molar-refractivity contribution >= 4 is 11.6 Å². The summed E-state index contributed by atoms with van der Waals surface area (Å²) in [6.45, 7) is 3.42. The summed E-state index contributed by atoms with van der Waals surface area (Å²) in [6, 6.07) is 1.73. The van der Waals surface area contributed by atoms with Crippen LogP contribution in [0.5, 0.6) is 0 Å². The monoisotopic (exact) mass is 241 g/mol. The van der Waals surface area contributed by atoms with Gasteiger partial charge in [0.25, 0.3) is 0 Å². The SMILES string of the molecule is COC(C)(C)C(N)C(=O)Nc1ccc(F)nc1. The molecule has 0 spiro atoms. The Hall–Kier alpha value is -1.53. The van der Waals surface area contributed by atoms with Gasteiger partial charge in [0.05, 0.1) is 17.5 Å². The minimum Gasteiger partial charge on any atom is -0.377 e. The molecule has 1 rings (SSSR count). The van der Waals surface area contributed by atoms with Crippen LogP contribution in [0.3, 0.4) is 0 Å². The lowest BCUT2D eigenvalue weighted by molar-refractivity contribution is -0.123. The molecule has 1 amide bonds. The number of ether oxygens (including phenoxy) is 1. The minimum atomic E-state index is -0.836. The molecule has 17 heavy (non-hydrogen) atoms. The summed E-state index contributed by atoms with van der Waals surface area (Å²) in [5.41, 5.74) is 5.36. The fourth-order valence-electron chi connectivity index (χ4n) is 1.11. The molecule has 0 aliphatic rings. The van der Waals surface area contributed by atoms with Crippen molar-refractivity contribution in [3.63, 3.8) is 0 Å². The van der Waals surface area contributed by atoms with Crippen LogP contribution in [0.1, 0.15) is 13.8 Å². The van der Waals surface area contributed by atoms with Gasteiger partial charge in [-0.1, -0.05) is 0 Å². The largest absolute Gasteiger partial charge is 0.377 e. The van der Waals surface area contributed by atoms with Crippen molar-refractivity contribution in [2.75, 3.05) is 12.4 Å². The van der Waals surface area contributed by atoms with Gasteiger partial charge in [-0.05, 0) is 26.0 Å². The van der Waals surface area contributed by atoms with Crippen molar-refractivity contribution in [3.05, 3.63) is 24.3 Å². The number of hydrogen-bond donors (Lipinski definition) is 2. The van der Waals surface area contributed by atoms with Gasteiger partial charge in [0.2, 0.25) is 11.9 Å². The molecule has 94 valence electrons. The normalized spacial score (nSPS) is 13.2. The molecule has 0 saturated carbocycles. The summed E-state index contributed by atoms with van der Waals surface area (Å²) < 4.78 is 17.7. The molecule has 0 bridgehead atoms. The fourth-order valence-corrected chi connectivity index (χ4v) is 1.11. The average Bonchev–Trinajstić information content (AvgIpc) is 2.31. The van der Waals surface area contributed by atoms with E-state index in [0.29, 0.717) is 5.69 Å². The first kappa shape index (κ1) is 13.5. The molecule has 0 aromatic carbocycles. The van der Waals surface area contributed by atoms with Gasteiger partial charge < -0.3 is 15.8 Å². The second-order valence-electron chi connectivity index (χ2n) is 4.14. The van der Waals surface area contributed by atoms with Gasteiger partial charge in [0.1, 0.15) is 6.04 Å². The highest BCUT2D eigenvalue weighted by Gasteiger charge is 2.31. The first-order valence-corrected chi connectivity index (χ1v) is 5.10. The quantitative estimate of drug-likeness (QED) is 0.768. The predicted octanol–water partition coefficient (Wildman–Crippen LogP) is 0.911. The van der Waals surface area contributed by atoms with Crippen molar-refractivity contribution in [3.8, 4) is 0 Å². The highest BCUT2D eigenvalue weighted by Crippen LogP contribution is 2.14. The van der Waals surface area contributed by atoms with E-state index >= 15 is 0 Å². The Morgan fingerprint density at radius 3 is 2.71 bits per heavy atom. The first-order chi connectivity index (χ1) is 7.86. The summed E-state index contributed by atoms with van der Waals surface area (Å²) in [7, 11) is 1.48. The zero-order valence-electron chi connectivity index (χ0n) is 10.0. The van der Waals surface area contributed by atoms with Crippen LogP contribution in [-0.2, 0) is 9.53 Å². The number of anilines is 1. The first-order valence-electron chi connectivity index (χ1n) is 5.10. The summed E-state index contributed by atoms with van der Waals surface area (Å²) in [4.78, 5) is 15.2. The number of carbonyl (C=O) groups is 1. The maximum atomic E-state index is 12.6. The van der Waals surface area contributed by atoms with E-state index in [9.17, 15) is 9.18 Å². The maximum Gasteiger partial charge on any atom is 0.244 e. The Bertz CT molecular complexity index is 392. The number of amides is 1. The number of nitrogens with one attached hydrogen (secondary N) is 1. The zero-order chi connectivity index (χ0) is 13.1. The van der Waals surface area contributed by atoms with Gasteiger partial charge in [-0.3, -0.25) is 4.79 Å². The molecular formula is C11H16FN3O2. The molecule has 0 radical (unpaired) electrons. The van der Waals surface area contributed by atoms with Crippen LogP contribution < -0.4 is 11.1 Å². The molecule has 0 saturated heterocycles. The molecule has 5 nitrogen and oxygen atoms in total. The highest BCUT2D eigenvalue weighted by molar-refractivity contribution is 5.95. The number of methoxy groups -OCH3 is 1. The third-order valence-electron chi connectivity index (χ3n) is 2.55. The van der Waals surface area contributed by atoms with Crippen LogP contribution in [0.15, 0.2) is 18.3 Å². The van der Waals surface area contributed by atoms with Gasteiger partial charge in [0.15, 0.2) is 0 Å². The zero-order valence-corrected chi connectivity index (χ0v) is 10.0. The summed E-state index contributed by atoms with van der Waals surface area (Å²) in [5.74, 6) is -1.02. The summed E-state index contributed by atoms with van der Waals surface area (Å²) in [5, 5.41) is 2.54. The van der Waals surface area contributed by atoms with Crippen LogP contribution in [0.25, 0.3) is 0 Å². The molecule has 0 fully saturated rings. The number of hydrogen-bond acceptors (Lipinski definition) is 4. The maximum absolute atomic E-state index is 12.6. The minimum absolute atomic E-state index is 0.388. The third-order valence-corrected chi connectivity index (χ3v) is 2.55. The lowest BCUT2D eigenvalue weighted by Crippen LogP contribution is -2.52. The molecule has 0 aliphatic carbocycles. The van der Waals surface area contributed by atoms with E-state index in [4.69, 9.17) is 10.5 Å². The van der Waals surface area contributed by atoms with Crippen molar-refractivity contribution in [1.29, 1.82) is 0 Å². The Morgan fingerprint density at radius 2 is 2.24 bits per heavy atom. The number of halogens is 1. The average molecular weight is 241 g/mol. The molecule has 1 aromatic heterocycles. The number of aromatic nitrogens is 1. The predicted molar refractivity (Wildman–Crippen MR) is 61.9 cm³/mol. The van der Waals surface area contributed by atoms with E-state index in [1.807, 2.05) is 0 Å². The number of pyridine rings is 1. The van der Waals surface area contributed by atoms with Gasteiger partial charge in [-0.25, -0.2) is 4.98 Å². The van der Waals surface area contributed by atoms with Crippen molar-refractivity contribution in [2.24, 2.45) is 5.73 Å². The third kappa shape index (κ3) is 3.47. The molecule has 1 atom stereocenters. The van der Waals surface area contributed by atoms with E-state index in [-0.39, 0.29) is 0 Å². The lowest BCUT2D eigenvalue weighted by Gasteiger charge is -2.28. The summed E-state index contributed by atoms with van der Waals surface area (Å²) >= 11 is 0. The van der Waals surface area contributed by atoms with Crippen LogP contribution in [-0.4, -0.2) is 29.6 Å². The second kappa shape index (κ2) is 5.20. The van der Waals surface area contributed by atoms with E-state index in [1.54, 1.807) is 13.8 Å². The van der Waals surface area contributed by atoms with Gasteiger partial charge >= 0.3 is 0 Å². The molecule has 1 heterocycles. The Balaban J connectivity index is 2.69. The smallest absolute Gasteiger partial charge is 0.244 e.